The Morgan fingerprint density at radius 3 is 2.85 bits per heavy atom. The number of nitrogen functional groups attached to an aromatic ring is 1. The molecule has 0 radical (unpaired) electrons. The van der Waals surface area contributed by atoms with Gasteiger partial charge in [-0.15, -0.1) is 0 Å². The first kappa shape index (κ1) is 15.6. The van der Waals surface area contributed by atoms with Crippen LogP contribution in [-0.2, 0) is 14.8 Å². The highest BCUT2D eigenvalue weighted by Crippen LogP contribution is 2.26. The van der Waals surface area contributed by atoms with Gasteiger partial charge in [0.2, 0.25) is 10.0 Å². The van der Waals surface area contributed by atoms with Gasteiger partial charge in [0.1, 0.15) is 0 Å². The number of sulfonamides is 1. The minimum absolute atomic E-state index is 0.152. The van der Waals surface area contributed by atoms with E-state index in [1.54, 1.807) is 6.92 Å². The number of rotatable bonds is 5. The molecule has 0 saturated carbocycles. The number of hydrogen-bond donors (Lipinski definition) is 2. The Morgan fingerprint density at radius 1 is 1.50 bits per heavy atom. The Labute approximate surface area is 124 Å². The highest BCUT2D eigenvalue weighted by atomic mass is 35.5. The summed E-state index contributed by atoms with van der Waals surface area (Å²) in [6, 6.07) is 2.91. The minimum atomic E-state index is -3.54. The lowest BCUT2D eigenvalue weighted by atomic mass is 10.1. The van der Waals surface area contributed by atoms with Crippen LogP contribution in [0.25, 0.3) is 0 Å². The molecule has 112 valence electrons. The summed E-state index contributed by atoms with van der Waals surface area (Å²) in [6.07, 6.45) is 1.77. The highest BCUT2D eigenvalue weighted by Gasteiger charge is 2.19. The first-order chi connectivity index (χ1) is 9.40. The Kier molecular flexibility index (Phi) is 4.90. The second-order valence-corrected chi connectivity index (χ2v) is 7.20. The van der Waals surface area contributed by atoms with Gasteiger partial charge in [-0.25, -0.2) is 13.1 Å². The maximum absolute atomic E-state index is 12.2. The number of anilines is 1. The smallest absolute Gasteiger partial charge is 0.240 e. The number of ether oxygens (including phenoxy) is 1. The quantitative estimate of drug-likeness (QED) is 0.813. The molecule has 0 aliphatic carbocycles. The molecule has 1 aromatic rings. The van der Waals surface area contributed by atoms with Gasteiger partial charge in [0.05, 0.1) is 15.6 Å². The second kappa shape index (κ2) is 6.30. The van der Waals surface area contributed by atoms with Crippen molar-refractivity contribution in [3.8, 4) is 0 Å². The number of halogens is 1. The van der Waals surface area contributed by atoms with E-state index in [1.807, 2.05) is 0 Å². The zero-order valence-electron chi connectivity index (χ0n) is 11.4. The number of benzene rings is 1. The zero-order valence-corrected chi connectivity index (χ0v) is 12.9. The molecule has 0 spiro atoms. The van der Waals surface area contributed by atoms with Crippen molar-refractivity contribution >= 4 is 27.3 Å². The van der Waals surface area contributed by atoms with Crippen LogP contribution in [0.1, 0.15) is 18.4 Å². The van der Waals surface area contributed by atoms with Gasteiger partial charge in [0.25, 0.3) is 0 Å². The van der Waals surface area contributed by atoms with Crippen LogP contribution in [0, 0.1) is 12.8 Å². The summed E-state index contributed by atoms with van der Waals surface area (Å²) in [4.78, 5) is 0.152. The number of hydrogen-bond acceptors (Lipinski definition) is 4. The monoisotopic (exact) mass is 318 g/mol. The minimum Gasteiger partial charge on any atom is -0.397 e. The van der Waals surface area contributed by atoms with Crippen molar-refractivity contribution in [3.63, 3.8) is 0 Å². The van der Waals surface area contributed by atoms with Gasteiger partial charge in [0, 0.05) is 19.8 Å². The summed E-state index contributed by atoms with van der Waals surface area (Å²) in [6.45, 7) is 3.62. The molecule has 1 fully saturated rings. The maximum Gasteiger partial charge on any atom is 0.240 e. The van der Waals surface area contributed by atoms with Crippen molar-refractivity contribution < 1.29 is 13.2 Å². The van der Waals surface area contributed by atoms with Gasteiger partial charge in [-0.2, -0.15) is 0 Å². The summed E-state index contributed by atoms with van der Waals surface area (Å²) in [5.41, 5.74) is 6.63. The summed E-state index contributed by atoms with van der Waals surface area (Å²) in [5, 5.41) is 0.395. The van der Waals surface area contributed by atoms with Gasteiger partial charge in [-0.1, -0.05) is 11.6 Å². The van der Waals surface area contributed by atoms with Crippen molar-refractivity contribution in [1.82, 2.24) is 4.72 Å². The standard InChI is InChI=1S/C13H19ClN2O3S/c1-9-6-11(7-12(15)13(9)14)20(17,18)16-4-2-10-3-5-19-8-10/h6-7,10,16H,2-5,8,15H2,1H3. The first-order valence-electron chi connectivity index (χ1n) is 6.53. The normalized spacial score (nSPS) is 19.4. The molecular weight excluding hydrogens is 300 g/mol. The summed E-state index contributed by atoms with van der Waals surface area (Å²) in [5.74, 6) is 0.440. The van der Waals surface area contributed by atoms with E-state index in [2.05, 4.69) is 4.72 Å². The molecule has 1 unspecified atom stereocenters. The first-order valence-corrected chi connectivity index (χ1v) is 8.39. The molecule has 0 aromatic heterocycles. The lowest BCUT2D eigenvalue weighted by molar-refractivity contribution is 0.184. The van der Waals surface area contributed by atoms with Crippen LogP contribution in [0.15, 0.2) is 17.0 Å². The summed E-state index contributed by atoms with van der Waals surface area (Å²) in [7, 11) is -3.54. The number of nitrogens with one attached hydrogen (secondary N) is 1. The lowest BCUT2D eigenvalue weighted by Crippen LogP contribution is -2.26. The predicted octanol–water partition coefficient (Wildman–Crippen LogP) is 1.94. The molecule has 1 atom stereocenters. The maximum atomic E-state index is 12.2. The van der Waals surface area contributed by atoms with Crippen LogP contribution in [-0.4, -0.2) is 28.2 Å². The fourth-order valence-corrected chi connectivity index (χ4v) is 3.49. The van der Waals surface area contributed by atoms with Crippen LogP contribution in [0.4, 0.5) is 5.69 Å². The van der Waals surface area contributed by atoms with Crippen molar-refractivity contribution in [2.75, 3.05) is 25.5 Å². The predicted molar refractivity (Wildman–Crippen MR) is 79.3 cm³/mol. The number of nitrogens with two attached hydrogens (primary N) is 1. The van der Waals surface area contributed by atoms with E-state index < -0.39 is 10.0 Å². The van der Waals surface area contributed by atoms with Gasteiger partial charge in [-0.05, 0) is 43.4 Å². The fourth-order valence-electron chi connectivity index (χ4n) is 2.21. The molecule has 20 heavy (non-hydrogen) atoms. The summed E-state index contributed by atoms with van der Waals surface area (Å²) >= 11 is 5.94. The topological polar surface area (TPSA) is 81.4 Å². The second-order valence-electron chi connectivity index (χ2n) is 5.06. The van der Waals surface area contributed by atoms with Crippen LogP contribution in [0.2, 0.25) is 5.02 Å². The van der Waals surface area contributed by atoms with E-state index >= 15 is 0 Å². The van der Waals surface area contributed by atoms with E-state index in [0.717, 1.165) is 19.4 Å². The molecule has 7 heteroatoms. The van der Waals surface area contributed by atoms with E-state index in [1.165, 1.54) is 12.1 Å². The Balaban J connectivity index is 2.02. The zero-order chi connectivity index (χ0) is 14.8. The van der Waals surface area contributed by atoms with E-state index in [9.17, 15) is 8.42 Å². The lowest BCUT2D eigenvalue weighted by Gasteiger charge is -2.11. The number of aryl methyl sites for hydroxylation is 1. The average Bonchev–Trinajstić information content (AvgIpc) is 2.88. The van der Waals surface area contributed by atoms with Gasteiger partial charge < -0.3 is 10.5 Å². The van der Waals surface area contributed by atoms with E-state index in [-0.39, 0.29) is 10.6 Å². The molecule has 1 heterocycles. The molecule has 2 rings (SSSR count). The van der Waals surface area contributed by atoms with Crippen LogP contribution in [0.3, 0.4) is 0 Å². The Morgan fingerprint density at radius 2 is 2.25 bits per heavy atom. The van der Waals surface area contributed by atoms with E-state index in [4.69, 9.17) is 22.1 Å². The van der Waals surface area contributed by atoms with Gasteiger partial charge in [-0.3, -0.25) is 0 Å². The fraction of sp³-hybridized carbons (Fsp3) is 0.538. The molecule has 1 saturated heterocycles. The molecule has 1 aromatic carbocycles. The van der Waals surface area contributed by atoms with Gasteiger partial charge in [0.15, 0.2) is 0 Å². The van der Waals surface area contributed by atoms with Crippen molar-refractivity contribution in [2.24, 2.45) is 5.92 Å². The highest BCUT2D eigenvalue weighted by molar-refractivity contribution is 7.89. The van der Waals surface area contributed by atoms with Crippen LogP contribution in [0.5, 0.6) is 0 Å². The molecule has 0 bridgehead atoms. The van der Waals surface area contributed by atoms with Crippen molar-refractivity contribution in [1.29, 1.82) is 0 Å². The van der Waals surface area contributed by atoms with Crippen molar-refractivity contribution in [2.45, 2.75) is 24.7 Å². The average molecular weight is 319 g/mol. The molecule has 3 N–H and O–H groups in total. The third kappa shape index (κ3) is 3.63. The summed E-state index contributed by atoms with van der Waals surface area (Å²) < 4.78 is 32.2. The third-order valence-electron chi connectivity index (χ3n) is 3.44. The van der Waals surface area contributed by atoms with Crippen LogP contribution >= 0.6 is 11.6 Å². The third-order valence-corrected chi connectivity index (χ3v) is 5.39. The Hall–Kier alpha value is -0.820. The molecular formula is C13H19ClN2O3S. The van der Waals surface area contributed by atoms with Crippen LogP contribution < -0.4 is 10.5 Å². The largest absolute Gasteiger partial charge is 0.397 e. The van der Waals surface area contributed by atoms with Crippen molar-refractivity contribution in [3.05, 3.63) is 22.7 Å². The SMILES string of the molecule is Cc1cc(S(=O)(=O)NCCC2CCOC2)cc(N)c1Cl. The molecule has 0 amide bonds. The van der Waals surface area contributed by atoms with E-state index in [0.29, 0.717) is 29.7 Å². The van der Waals surface area contributed by atoms with Gasteiger partial charge >= 0.3 is 0 Å². The molecule has 1 aliphatic heterocycles. The molecule has 1 aliphatic rings. The Bertz CT molecular complexity index is 560. The molecule has 5 nitrogen and oxygen atoms in total.